The molecule has 1 aromatic carbocycles. The highest BCUT2D eigenvalue weighted by atomic mass is 32.2. The van der Waals surface area contributed by atoms with Gasteiger partial charge in [0.1, 0.15) is 5.82 Å². The van der Waals surface area contributed by atoms with Crippen LogP contribution in [0.2, 0.25) is 0 Å². The summed E-state index contributed by atoms with van der Waals surface area (Å²) in [5.41, 5.74) is -0.0689. The monoisotopic (exact) mass is 291 g/mol. The summed E-state index contributed by atoms with van der Waals surface area (Å²) in [4.78, 5) is 38.1. The van der Waals surface area contributed by atoms with Gasteiger partial charge in [-0.05, 0) is 5.56 Å². The minimum absolute atomic E-state index is 0.101. The lowest BCUT2D eigenvalue weighted by atomic mass is 10.2. The highest BCUT2D eigenvalue weighted by Crippen LogP contribution is 2.11. The summed E-state index contributed by atoms with van der Waals surface area (Å²) in [6.45, 7) is 0. The molecular weight excluding hydrogens is 278 g/mol. The molecule has 0 spiro atoms. The predicted molar refractivity (Wildman–Crippen MR) is 78.9 cm³/mol. The van der Waals surface area contributed by atoms with Gasteiger partial charge >= 0.3 is 5.69 Å². The molecule has 3 N–H and O–H groups in total. The standard InChI is InChI=1S/C13H13N3O3S/c17-11-6-10(15-13(19)16-11)14-12(18)8-20-7-9-4-2-1-3-5-9/h1-6H,7-8H2,(H3,14,15,16,17,18,19). The molecule has 0 aliphatic rings. The van der Waals surface area contributed by atoms with Crippen LogP contribution in [0.4, 0.5) is 5.82 Å². The van der Waals surface area contributed by atoms with E-state index >= 15 is 0 Å². The number of amides is 1. The molecule has 0 saturated carbocycles. The maximum Gasteiger partial charge on any atom is 0.327 e. The van der Waals surface area contributed by atoms with Gasteiger partial charge in [-0.1, -0.05) is 30.3 Å². The molecule has 20 heavy (non-hydrogen) atoms. The van der Waals surface area contributed by atoms with Crippen LogP contribution < -0.4 is 16.6 Å². The number of nitrogens with one attached hydrogen (secondary N) is 3. The van der Waals surface area contributed by atoms with Crippen LogP contribution in [-0.4, -0.2) is 21.6 Å². The van der Waals surface area contributed by atoms with Crippen molar-refractivity contribution in [2.24, 2.45) is 0 Å². The summed E-state index contributed by atoms with van der Waals surface area (Å²) < 4.78 is 0. The summed E-state index contributed by atoms with van der Waals surface area (Å²) >= 11 is 1.45. The lowest BCUT2D eigenvalue weighted by Crippen LogP contribution is -2.25. The molecule has 0 aliphatic carbocycles. The fourth-order valence-electron chi connectivity index (χ4n) is 1.56. The molecule has 7 heteroatoms. The predicted octanol–water partition coefficient (Wildman–Crippen LogP) is 0.935. The zero-order valence-electron chi connectivity index (χ0n) is 10.5. The Bertz CT molecular complexity index is 666. The van der Waals surface area contributed by atoms with Crippen molar-refractivity contribution in [1.29, 1.82) is 0 Å². The Morgan fingerprint density at radius 2 is 1.90 bits per heavy atom. The molecular formula is C13H13N3O3S. The van der Waals surface area contributed by atoms with Gasteiger partial charge in [0.05, 0.1) is 5.75 Å². The van der Waals surface area contributed by atoms with Crippen LogP contribution >= 0.6 is 11.8 Å². The van der Waals surface area contributed by atoms with Gasteiger partial charge in [-0.3, -0.25) is 19.6 Å². The number of H-pyrrole nitrogens is 2. The van der Waals surface area contributed by atoms with E-state index in [0.717, 1.165) is 17.4 Å². The molecule has 2 aromatic rings. The normalized spacial score (nSPS) is 10.2. The minimum atomic E-state index is -0.648. The van der Waals surface area contributed by atoms with Crippen LogP contribution in [0.3, 0.4) is 0 Å². The number of carbonyl (C=O) groups excluding carboxylic acids is 1. The number of hydrogen-bond donors (Lipinski definition) is 3. The van der Waals surface area contributed by atoms with E-state index in [1.54, 1.807) is 0 Å². The summed E-state index contributed by atoms with van der Waals surface area (Å²) in [6, 6.07) is 10.9. The first-order valence-electron chi connectivity index (χ1n) is 5.88. The topological polar surface area (TPSA) is 94.8 Å². The van der Waals surface area contributed by atoms with Gasteiger partial charge < -0.3 is 5.32 Å². The SMILES string of the molecule is O=C(CSCc1ccccc1)Nc1cc(=O)[nH]c(=O)[nH]1. The van der Waals surface area contributed by atoms with Crippen molar-refractivity contribution in [2.45, 2.75) is 5.75 Å². The molecule has 0 bridgehead atoms. The third-order valence-electron chi connectivity index (χ3n) is 2.38. The van der Waals surface area contributed by atoms with E-state index in [-0.39, 0.29) is 17.5 Å². The van der Waals surface area contributed by atoms with Crippen molar-refractivity contribution in [1.82, 2.24) is 9.97 Å². The first-order valence-corrected chi connectivity index (χ1v) is 7.04. The molecule has 0 radical (unpaired) electrons. The summed E-state index contributed by atoms with van der Waals surface area (Å²) in [7, 11) is 0. The van der Waals surface area contributed by atoms with Gasteiger partial charge in [0.25, 0.3) is 5.56 Å². The third kappa shape index (κ3) is 4.43. The van der Waals surface area contributed by atoms with Crippen molar-refractivity contribution in [3.05, 3.63) is 62.8 Å². The number of aromatic nitrogens is 2. The Morgan fingerprint density at radius 3 is 2.60 bits per heavy atom. The molecule has 0 atom stereocenters. The Labute approximate surface area is 118 Å². The maximum absolute atomic E-state index is 11.7. The van der Waals surface area contributed by atoms with Crippen molar-refractivity contribution < 1.29 is 4.79 Å². The first kappa shape index (κ1) is 14.1. The second kappa shape index (κ2) is 6.76. The average Bonchev–Trinajstić information content (AvgIpc) is 2.38. The minimum Gasteiger partial charge on any atom is -0.311 e. The zero-order valence-corrected chi connectivity index (χ0v) is 11.3. The van der Waals surface area contributed by atoms with E-state index in [0.29, 0.717) is 0 Å². The molecule has 1 amide bonds. The van der Waals surface area contributed by atoms with Crippen molar-refractivity contribution in [3.8, 4) is 0 Å². The van der Waals surface area contributed by atoms with Gasteiger partial charge in [0.2, 0.25) is 5.91 Å². The van der Waals surface area contributed by atoms with Gasteiger partial charge in [-0.15, -0.1) is 11.8 Å². The number of hydrogen-bond acceptors (Lipinski definition) is 4. The quantitative estimate of drug-likeness (QED) is 0.764. The number of aromatic amines is 2. The fraction of sp³-hybridized carbons (Fsp3) is 0.154. The molecule has 1 aromatic heterocycles. The van der Waals surface area contributed by atoms with Crippen LogP contribution in [0, 0.1) is 0 Å². The van der Waals surface area contributed by atoms with E-state index in [1.807, 2.05) is 35.3 Å². The molecule has 1 heterocycles. The maximum atomic E-state index is 11.7. The van der Waals surface area contributed by atoms with E-state index in [4.69, 9.17) is 0 Å². The van der Waals surface area contributed by atoms with Crippen molar-refractivity contribution >= 4 is 23.5 Å². The van der Waals surface area contributed by atoms with Crippen LogP contribution in [0.5, 0.6) is 0 Å². The second-order valence-electron chi connectivity index (χ2n) is 4.03. The smallest absolute Gasteiger partial charge is 0.311 e. The first-order chi connectivity index (χ1) is 9.63. The number of anilines is 1. The second-order valence-corrected chi connectivity index (χ2v) is 5.01. The molecule has 6 nitrogen and oxygen atoms in total. The van der Waals surface area contributed by atoms with Crippen LogP contribution in [-0.2, 0) is 10.5 Å². The molecule has 104 valence electrons. The fourth-order valence-corrected chi connectivity index (χ4v) is 2.35. The Hall–Kier alpha value is -2.28. The molecule has 2 rings (SSSR count). The van der Waals surface area contributed by atoms with E-state index in [2.05, 4.69) is 10.3 Å². The van der Waals surface area contributed by atoms with Gasteiger partial charge in [0.15, 0.2) is 0 Å². The summed E-state index contributed by atoms with van der Waals surface area (Å²) in [5.74, 6) is 0.792. The van der Waals surface area contributed by atoms with E-state index < -0.39 is 11.2 Å². The summed E-state index contributed by atoms with van der Waals surface area (Å²) in [6.07, 6.45) is 0. The van der Waals surface area contributed by atoms with Crippen LogP contribution in [0.25, 0.3) is 0 Å². The average molecular weight is 291 g/mol. The third-order valence-corrected chi connectivity index (χ3v) is 3.38. The largest absolute Gasteiger partial charge is 0.327 e. The zero-order chi connectivity index (χ0) is 14.4. The molecule has 0 aliphatic heterocycles. The highest BCUT2D eigenvalue weighted by Gasteiger charge is 2.04. The van der Waals surface area contributed by atoms with E-state index in [1.165, 1.54) is 11.8 Å². The number of benzene rings is 1. The van der Waals surface area contributed by atoms with Crippen molar-refractivity contribution in [2.75, 3.05) is 11.1 Å². The van der Waals surface area contributed by atoms with E-state index in [9.17, 15) is 14.4 Å². The highest BCUT2D eigenvalue weighted by molar-refractivity contribution is 7.99. The molecule has 0 unspecified atom stereocenters. The molecule has 0 fully saturated rings. The Kier molecular flexibility index (Phi) is 4.78. The lowest BCUT2D eigenvalue weighted by molar-refractivity contribution is -0.113. The van der Waals surface area contributed by atoms with Gasteiger partial charge in [-0.25, -0.2) is 4.79 Å². The van der Waals surface area contributed by atoms with Gasteiger partial charge in [0, 0.05) is 11.8 Å². The van der Waals surface area contributed by atoms with Crippen LogP contribution in [0.1, 0.15) is 5.56 Å². The molecule has 0 saturated heterocycles. The Balaban J connectivity index is 1.84. The number of carbonyl (C=O) groups is 1. The van der Waals surface area contributed by atoms with Crippen molar-refractivity contribution in [3.63, 3.8) is 0 Å². The number of thioether (sulfide) groups is 1. The van der Waals surface area contributed by atoms with Gasteiger partial charge in [-0.2, -0.15) is 0 Å². The lowest BCUT2D eigenvalue weighted by Gasteiger charge is -2.04. The number of rotatable bonds is 5. The van der Waals surface area contributed by atoms with Crippen LogP contribution in [0.15, 0.2) is 46.0 Å². The Morgan fingerprint density at radius 1 is 1.15 bits per heavy atom. The summed E-state index contributed by atoms with van der Waals surface area (Å²) in [5, 5.41) is 2.47.